The van der Waals surface area contributed by atoms with E-state index >= 15 is 0 Å². The van der Waals surface area contributed by atoms with E-state index in [2.05, 4.69) is 64.5 Å². The molecule has 0 aromatic carbocycles. The van der Waals surface area contributed by atoms with Gasteiger partial charge in [-0.25, -0.2) is 0 Å². The van der Waals surface area contributed by atoms with E-state index in [1.165, 1.54) is 45.0 Å². The van der Waals surface area contributed by atoms with Crippen molar-refractivity contribution < 1.29 is 0 Å². The maximum absolute atomic E-state index is 4.55. The minimum atomic E-state index is 0.644. The van der Waals surface area contributed by atoms with Crippen molar-refractivity contribution in [3.05, 3.63) is 0 Å². The van der Waals surface area contributed by atoms with E-state index in [0.29, 0.717) is 5.92 Å². The third kappa shape index (κ3) is 6.65. The van der Waals surface area contributed by atoms with Crippen LogP contribution in [0.5, 0.6) is 0 Å². The monoisotopic (exact) mass is 369 g/mol. The van der Waals surface area contributed by atoms with Crippen LogP contribution in [0.15, 0.2) is 4.99 Å². The molecule has 1 N–H and O–H groups in total. The Morgan fingerprint density at radius 3 is 2.40 bits per heavy atom. The molecular weight excluding hydrogens is 330 g/mol. The molecule has 0 aromatic heterocycles. The second-order valence-electron chi connectivity index (χ2n) is 7.87. The van der Waals surface area contributed by atoms with Gasteiger partial charge in [0.1, 0.15) is 0 Å². The van der Waals surface area contributed by atoms with Crippen molar-refractivity contribution in [2.45, 2.75) is 32.9 Å². The SMILES string of the molecule is CCN1CCN(CC(C)CNC(=NC)N2CCSC(C(C)C)C2)CC1. The molecule has 6 heteroatoms. The van der Waals surface area contributed by atoms with Crippen LogP contribution in [0.4, 0.5) is 0 Å². The van der Waals surface area contributed by atoms with Crippen LogP contribution in [-0.2, 0) is 0 Å². The van der Waals surface area contributed by atoms with Crippen molar-refractivity contribution in [2.75, 3.05) is 71.7 Å². The number of guanidine groups is 1. The zero-order valence-electron chi connectivity index (χ0n) is 17.0. The number of piperazine rings is 1. The number of aliphatic imine (C=N–C) groups is 1. The standard InChI is InChI=1S/C19H39N5S/c1-6-22-7-9-23(10-8-22)14-17(4)13-21-19(20-5)24-11-12-25-18(15-24)16(2)3/h16-18H,6-15H2,1-5H3,(H,20,21). The third-order valence-electron chi connectivity index (χ3n) is 5.44. The molecule has 0 aliphatic carbocycles. The fourth-order valence-corrected chi connectivity index (χ4v) is 4.96. The molecular formula is C19H39N5S. The van der Waals surface area contributed by atoms with Gasteiger partial charge in [-0.2, -0.15) is 11.8 Å². The quantitative estimate of drug-likeness (QED) is 0.571. The van der Waals surface area contributed by atoms with Crippen molar-refractivity contribution in [3.8, 4) is 0 Å². The lowest BCUT2D eigenvalue weighted by Crippen LogP contribution is -2.51. The second kappa shape index (κ2) is 10.6. The normalized spacial score (nSPS) is 25.4. The smallest absolute Gasteiger partial charge is 0.193 e. The van der Waals surface area contributed by atoms with Gasteiger partial charge in [0.05, 0.1) is 0 Å². The van der Waals surface area contributed by atoms with Crippen molar-refractivity contribution >= 4 is 17.7 Å². The minimum Gasteiger partial charge on any atom is -0.356 e. The maximum atomic E-state index is 4.55. The van der Waals surface area contributed by atoms with Crippen LogP contribution in [0.25, 0.3) is 0 Å². The topological polar surface area (TPSA) is 34.1 Å². The van der Waals surface area contributed by atoms with E-state index in [9.17, 15) is 0 Å². The summed E-state index contributed by atoms with van der Waals surface area (Å²) in [5.41, 5.74) is 0. The third-order valence-corrected chi connectivity index (χ3v) is 6.98. The highest BCUT2D eigenvalue weighted by Gasteiger charge is 2.25. The summed E-state index contributed by atoms with van der Waals surface area (Å²) in [5, 5.41) is 4.36. The predicted octanol–water partition coefficient (Wildman–Crippen LogP) is 1.91. The molecule has 2 heterocycles. The average Bonchev–Trinajstić information content (AvgIpc) is 2.63. The molecule has 0 amide bonds. The molecule has 2 aliphatic rings. The van der Waals surface area contributed by atoms with Crippen LogP contribution in [0.3, 0.4) is 0 Å². The molecule has 2 fully saturated rings. The Labute approximate surface area is 159 Å². The highest BCUT2D eigenvalue weighted by molar-refractivity contribution is 8.00. The molecule has 2 aliphatic heterocycles. The number of thioether (sulfide) groups is 1. The predicted molar refractivity (Wildman–Crippen MR) is 112 cm³/mol. The van der Waals surface area contributed by atoms with Crippen LogP contribution < -0.4 is 5.32 Å². The van der Waals surface area contributed by atoms with Gasteiger partial charge in [0.2, 0.25) is 0 Å². The summed E-state index contributed by atoms with van der Waals surface area (Å²) >= 11 is 2.12. The van der Waals surface area contributed by atoms with Gasteiger partial charge in [-0.3, -0.25) is 4.99 Å². The molecule has 5 nitrogen and oxygen atoms in total. The maximum Gasteiger partial charge on any atom is 0.193 e. The van der Waals surface area contributed by atoms with Crippen LogP contribution in [0.2, 0.25) is 0 Å². The highest BCUT2D eigenvalue weighted by atomic mass is 32.2. The molecule has 2 saturated heterocycles. The Kier molecular flexibility index (Phi) is 8.87. The van der Waals surface area contributed by atoms with Gasteiger partial charge in [-0.05, 0) is 18.4 Å². The minimum absolute atomic E-state index is 0.644. The zero-order chi connectivity index (χ0) is 18.2. The largest absolute Gasteiger partial charge is 0.356 e. The number of likely N-dealkylation sites (N-methyl/N-ethyl adjacent to an activating group) is 1. The molecule has 2 rings (SSSR count). The van der Waals surface area contributed by atoms with E-state index in [0.717, 1.165) is 36.8 Å². The van der Waals surface area contributed by atoms with Gasteiger partial charge in [0, 0.05) is 70.4 Å². The van der Waals surface area contributed by atoms with Crippen LogP contribution in [-0.4, -0.2) is 97.6 Å². The first-order valence-electron chi connectivity index (χ1n) is 10.0. The van der Waals surface area contributed by atoms with E-state index in [1.807, 2.05) is 7.05 Å². The number of hydrogen-bond acceptors (Lipinski definition) is 4. The van der Waals surface area contributed by atoms with Crippen molar-refractivity contribution in [1.29, 1.82) is 0 Å². The Morgan fingerprint density at radius 1 is 1.12 bits per heavy atom. The van der Waals surface area contributed by atoms with Gasteiger partial charge in [-0.1, -0.05) is 27.7 Å². The molecule has 0 spiro atoms. The first-order chi connectivity index (χ1) is 12.0. The summed E-state index contributed by atoms with van der Waals surface area (Å²) in [4.78, 5) is 12.2. The van der Waals surface area contributed by atoms with Gasteiger partial charge in [0.25, 0.3) is 0 Å². The fourth-order valence-electron chi connectivity index (χ4n) is 3.66. The molecule has 0 aromatic rings. The Hall–Kier alpha value is -0.460. The van der Waals surface area contributed by atoms with Crippen LogP contribution in [0.1, 0.15) is 27.7 Å². The van der Waals surface area contributed by atoms with Gasteiger partial charge in [-0.15, -0.1) is 0 Å². The van der Waals surface area contributed by atoms with Gasteiger partial charge in [0.15, 0.2) is 5.96 Å². The van der Waals surface area contributed by atoms with Crippen LogP contribution >= 0.6 is 11.8 Å². The Bertz CT molecular complexity index is 407. The highest BCUT2D eigenvalue weighted by Crippen LogP contribution is 2.24. The average molecular weight is 370 g/mol. The lowest BCUT2D eigenvalue weighted by atomic mass is 10.1. The summed E-state index contributed by atoms with van der Waals surface area (Å²) in [6.45, 7) is 19.8. The Balaban J connectivity index is 1.73. The molecule has 0 bridgehead atoms. The van der Waals surface area contributed by atoms with E-state index < -0.39 is 0 Å². The summed E-state index contributed by atoms with van der Waals surface area (Å²) < 4.78 is 0. The first kappa shape index (κ1) is 20.8. The first-order valence-corrected chi connectivity index (χ1v) is 11.1. The number of rotatable bonds is 6. The van der Waals surface area contributed by atoms with Crippen molar-refractivity contribution in [3.63, 3.8) is 0 Å². The number of hydrogen-bond donors (Lipinski definition) is 1. The van der Waals surface area contributed by atoms with E-state index in [-0.39, 0.29) is 0 Å². The van der Waals surface area contributed by atoms with Gasteiger partial charge < -0.3 is 20.0 Å². The molecule has 0 saturated carbocycles. The summed E-state index contributed by atoms with van der Waals surface area (Å²) in [6, 6.07) is 0. The van der Waals surface area contributed by atoms with E-state index in [1.54, 1.807) is 0 Å². The lowest BCUT2D eigenvalue weighted by Gasteiger charge is -2.37. The molecule has 2 unspecified atom stereocenters. The lowest BCUT2D eigenvalue weighted by molar-refractivity contribution is 0.124. The Morgan fingerprint density at radius 2 is 1.80 bits per heavy atom. The molecule has 146 valence electrons. The molecule has 2 atom stereocenters. The molecule has 0 radical (unpaired) electrons. The zero-order valence-corrected chi connectivity index (χ0v) is 17.8. The number of nitrogens with zero attached hydrogens (tertiary/aromatic N) is 4. The number of nitrogens with one attached hydrogen (secondary N) is 1. The summed E-state index contributed by atoms with van der Waals surface area (Å²) in [6.07, 6.45) is 0. The summed E-state index contributed by atoms with van der Waals surface area (Å²) in [7, 11) is 1.92. The molecule has 25 heavy (non-hydrogen) atoms. The van der Waals surface area contributed by atoms with Crippen molar-refractivity contribution in [2.24, 2.45) is 16.8 Å². The second-order valence-corrected chi connectivity index (χ2v) is 9.21. The van der Waals surface area contributed by atoms with Crippen LogP contribution in [0, 0.1) is 11.8 Å². The van der Waals surface area contributed by atoms with E-state index in [4.69, 9.17) is 0 Å². The fraction of sp³-hybridized carbons (Fsp3) is 0.947. The van der Waals surface area contributed by atoms with Crippen molar-refractivity contribution in [1.82, 2.24) is 20.0 Å². The summed E-state index contributed by atoms with van der Waals surface area (Å²) in [5.74, 6) is 3.67. The van der Waals surface area contributed by atoms with Gasteiger partial charge >= 0.3 is 0 Å².